The maximum absolute atomic E-state index is 11.0. The molecule has 0 fully saturated rings. The Morgan fingerprint density at radius 3 is 2.17 bits per heavy atom. The molecule has 0 heterocycles. The third-order valence-corrected chi connectivity index (χ3v) is 1.75. The average molecular weight is 173 g/mol. The highest BCUT2D eigenvalue weighted by Gasteiger charge is 2.12. The Morgan fingerprint density at radius 1 is 1.33 bits per heavy atom. The van der Waals surface area contributed by atoms with Crippen LogP contribution in [0.2, 0.25) is 0 Å². The third-order valence-electron chi connectivity index (χ3n) is 1.75. The van der Waals surface area contributed by atoms with Gasteiger partial charge in [-0.05, 0) is 5.92 Å². The number of esters is 1. The molecule has 0 aromatic rings. The lowest BCUT2D eigenvalue weighted by Crippen LogP contribution is -2.33. The molecular weight excluding hydrogens is 154 g/mol. The molecule has 0 aliphatic rings. The molecule has 0 amide bonds. The summed E-state index contributed by atoms with van der Waals surface area (Å²) in [4.78, 5) is 11.0. The summed E-state index contributed by atoms with van der Waals surface area (Å²) >= 11 is 0. The first-order valence-electron chi connectivity index (χ1n) is 4.37. The number of hydrogen-bond acceptors (Lipinski definition) is 3. The second-order valence-electron chi connectivity index (χ2n) is 3.69. The van der Waals surface area contributed by atoms with Crippen molar-refractivity contribution in [2.75, 3.05) is 6.61 Å². The standard InChI is InChI=1S/C9H19NO2/c1-6(2)8(10)5-12-9(11)7(3)4/h6-8H,5,10H2,1-4H3/t8-/m0/s1. The van der Waals surface area contributed by atoms with Gasteiger partial charge in [0.2, 0.25) is 0 Å². The van der Waals surface area contributed by atoms with Crippen LogP contribution in [0, 0.1) is 11.8 Å². The van der Waals surface area contributed by atoms with Crippen molar-refractivity contribution in [2.45, 2.75) is 33.7 Å². The molecule has 2 N–H and O–H groups in total. The Balaban J connectivity index is 3.61. The summed E-state index contributed by atoms with van der Waals surface area (Å²) in [6, 6.07) is -0.0484. The zero-order chi connectivity index (χ0) is 9.72. The van der Waals surface area contributed by atoms with E-state index in [0.717, 1.165) is 0 Å². The normalized spacial score (nSPS) is 13.6. The molecule has 0 saturated heterocycles. The van der Waals surface area contributed by atoms with E-state index in [9.17, 15) is 4.79 Å². The molecule has 3 nitrogen and oxygen atoms in total. The van der Waals surface area contributed by atoms with E-state index in [-0.39, 0.29) is 17.9 Å². The lowest BCUT2D eigenvalue weighted by Gasteiger charge is -2.16. The molecule has 0 rings (SSSR count). The van der Waals surface area contributed by atoms with Gasteiger partial charge in [0.25, 0.3) is 0 Å². The molecule has 0 spiro atoms. The molecular formula is C9H19NO2. The quantitative estimate of drug-likeness (QED) is 0.649. The van der Waals surface area contributed by atoms with Gasteiger partial charge in [-0.1, -0.05) is 27.7 Å². The number of nitrogens with two attached hydrogens (primary N) is 1. The second kappa shape index (κ2) is 5.14. The van der Waals surface area contributed by atoms with Crippen LogP contribution >= 0.6 is 0 Å². The Labute approximate surface area is 74.3 Å². The number of carbonyl (C=O) groups excluding carboxylic acids is 1. The molecule has 0 aliphatic heterocycles. The van der Waals surface area contributed by atoms with Gasteiger partial charge in [0, 0.05) is 6.04 Å². The van der Waals surface area contributed by atoms with Gasteiger partial charge in [0.05, 0.1) is 5.92 Å². The molecule has 1 atom stereocenters. The van der Waals surface area contributed by atoms with E-state index >= 15 is 0 Å². The van der Waals surface area contributed by atoms with Crippen LogP contribution in [0.5, 0.6) is 0 Å². The molecule has 0 saturated carbocycles. The van der Waals surface area contributed by atoms with Crippen LogP contribution in [0.3, 0.4) is 0 Å². The van der Waals surface area contributed by atoms with E-state index in [4.69, 9.17) is 10.5 Å². The lowest BCUT2D eigenvalue weighted by molar-refractivity contribution is -0.148. The summed E-state index contributed by atoms with van der Waals surface area (Å²) in [5.74, 6) is 0.112. The minimum Gasteiger partial charge on any atom is -0.464 e. The van der Waals surface area contributed by atoms with Crippen LogP contribution in [0.1, 0.15) is 27.7 Å². The Hall–Kier alpha value is -0.570. The largest absolute Gasteiger partial charge is 0.464 e. The highest BCUT2D eigenvalue weighted by atomic mass is 16.5. The monoisotopic (exact) mass is 173 g/mol. The number of carbonyl (C=O) groups is 1. The van der Waals surface area contributed by atoms with E-state index in [1.165, 1.54) is 0 Å². The second-order valence-corrected chi connectivity index (χ2v) is 3.69. The zero-order valence-electron chi connectivity index (χ0n) is 8.33. The first kappa shape index (κ1) is 11.4. The van der Waals surface area contributed by atoms with Gasteiger partial charge < -0.3 is 10.5 Å². The van der Waals surface area contributed by atoms with Crippen LogP contribution in [0.25, 0.3) is 0 Å². The van der Waals surface area contributed by atoms with Gasteiger partial charge in [-0.3, -0.25) is 4.79 Å². The van der Waals surface area contributed by atoms with Crippen molar-refractivity contribution in [3.63, 3.8) is 0 Å². The average Bonchev–Trinajstić information content (AvgIpc) is 1.98. The van der Waals surface area contributed by atoms with Crippen LogP contribution < -0.4 is 5.73 Å². The molecule has 0 aliphatic carbocycles. The van der Waals surface area contributed by atoms with Crippen molar-refractivity contribution in [1.29, 1.82) is 0 Å². The van der Waals surface area contributed by atoms with Crippen LogP contribution in [-0.4, -0.2) is 18.6 Å². The predicted octanol–water partition coefficient (Wildman–Crippen LogP) is 1.17. The molecule has 72 valence electrons. The summed E-state index contributed by atoms with van der Waals surface area (Å²) in [7, 11) is 0. The van der Waals surface area contributed by atoms with Crippen molar-refractivity contribution < 1.29 is 9.53 Å². The maximum atomic E-state index is 11.0. The van der Waals surface area contributed by atoms with Crippen LogP contribution in [-0.2, 0) is 9.53 Å². The van der Waals surface area contributed by atoms with Gasteiger partial charge in [-0.15, -0.1) is 0 Å². The van der Waals surface area contributed by atoms with Crippen LogP contribution in [0.4, 0.5) is 0 Å². The van der Waals surface area contributed by atoms with E-state index in [1.54, 1.807) is 0 Å². The Morgan fingerprint density at radius 2 is 1.83 bits per heavy atom. The van der Waals surface area contributed by atoms with E-state index < -0.39 is 0 Å². The third kappa shape index (κ3) is 4.34. The summed E-state index contributed by atoms with van der Waals surface area (Å²) in [5, 5.41) is 0. The SMILES string of the molecule is CC(C)C(=O)OC[C@H](N)C(C)C. The Bertz CT molecular complexity index is 143. The first-order valence-corrected chi connectivity index (χ1v) is 4.37. The van der Waals surface area contributed by atoms with E-state index in [1.807, 2.05) is 27.7 Å². The van der Waals surface area contributed by atoms with Crippen molar-refractivity contribution in [3.8, 4) is 0 Å². The van der Waals surface area contributed by atoms with Crippen molar-refractivity contribution in [1.82, 2.24) is 0 Å². The smallest absolute Gasteiger partial charge is 0.308 e. The number of ether oxygens (including phenoxy) is 1. The molecule has 0 unspecified atom stereocenters. The highest BCUT2D eigenvalue weighted by Crippen LogP contribution is 2.01. The fourth-order valence-electron chi connectivity index (χ4n) is 0.537. The summed E-state index contributed by atoms with van der Waals surface area (Å²) in [6.45, 7) is 7.96. The van der Waals surface area contributed by atoms with Crippen LogP contribution in [0.15, 0.2) is 0 Å². The lowest BCUT2D eigenvalue weighted by atomic mass is 10.1. The first-order chi connectivity index (χ1) is 5.45. The molecule has 0 aromatic heterocycles. The van der Waals surface area contributed by atoms with Gasteiger partial charge >= 0.3 is 5.97 Å². The molecule has 3 heteroatoms. The summed E-state index contributed by atoms with van der Waals surface area (Å²) < 4.78 is 4.96. The molecule has 0 bridgehead atoms. The van der Waals surface area contributed by atoms with Gasteiger partial charge in [0.1, 0.15) is 6.61 Å². The topological polar surface area (TPSA) is 52.3 Å². The van der Waals surface area contributed by atoms with Gasteiger partial charge in [-0.25, -0.2) is 0 Å². The highest BCUT2D eigenvalue weighted by molar-refractivity contribution is 5.71. The molecule has 0 aromatic carbocycles. The van der Waals surface area contributed by atoms with Crippen molar-refractivity contribution >= 4 is 5.97 Å². The zero-order valence-corrected chi connectivity index (χ0v) is 8.33. The number of hydrogen-bond donors (Lipinski definition) is 1. The van der Waals surface area contributed by atoms with Crippen molar-refractivity contribution in [3.05, 3.63) is 0 Å². The fourth-order valence-corrected chi connectivity index (χ4v) is 0.537. The number of rotatable bonds is 4. The van der Waals surface area contributed by atoms with E-state index in [0.29, 0.717) is 12.5 Å². The predicted molar refractivity (Wildman–Crippen MR) is 48.6 cm³/mol. The summed E-state index contributed by atoms with van der Waals surface area (Å²) in [6.07, 6.45) is 0. The molecule has 12 heavy (non-hydrogen) atoms. The minimum atomic E-state index is -0.175. The van der Waals surface area contributed by atoms with Gasteiger partial charge in [0.15, 0.2) is 0 Å². The maximum Gasteiger partial charge on any atom is 0.308 e. The van der Waals surface area contributed by atoms with E-state index in [2.05, 4.69) is 0 Å². The van der Waals surface area contributed by atoms with Crippen molar-refractivity contribution in [2.24, 2.45) is 17.6 Å². The minimum absolute atomic E-state index is 0.0484. The Kier molecular flexibility index (Phi) is 4.90. The fraction of sp³-hybridized carbons (Fsp3) is 0.889. The van der Waals surface area contributed by atoms with Gasteiger partial charge in [-0.2, -0.15) is 0 Å². The molecule has 0 radical (unpaired) electrons. The summed E-state index contributed by atoms with van der Waals surface area (Å²) in [5.41, 5.74) is 5.69.